The summed E-state index contributed by atoms with van der Waals surface area (Å²) in [5, 5.41) is 1.96. The zero-order valence-corrected chi connectivity index (χ0v) is 14.4. The van der Waals surface area contributed by atoms with Crippen molar-refractivity contribution in [1.29, 1.82) is 0 Å². The minimum absolute atomic E-state index is 0.181. The van der Waals surface area contributed by atoms with Gasteiger partial charge in [-0.15, -0.1) is 11.3 Å². The first kappa shape index (κ1) is 14.7. The molecule has 0 N–H and O–H groups in total. The van der Waals surface area contributed by atoms with E-state index in [1.165, 1.54) is 15.7 Å². The molecule has 2 aliphatic heterocycles. The van der Waals surface area contributed by atoms with E-state index in [0.29, 0.717) is 6.10 Å². The van der Waals surface area contributed by atoms with E-state index in [-0.39, 0.29) is 5.91 Å². The molecule has 1 atom stereocenters. The zero-order valence-electron chi connectivity index (χ0n) is 11.4. The second kappa shape index (κ2) is 6.72. The van der Waals surface area contributed by atoms with E-state index in [0.717, 1.165) is 44.9 Å². The van der Waals surface area contributed by atoms with Crippen molar-refractivity contribution in [3.05, 3.63) is 19.9 Å². The number of piperazine rings is 1. The lowest BCUT2D eigenvalue weighted by molar-refractivity contribution is 0.0433. The van der Waals surface area contributed by atoms with Gasteiger partial charge in [0.05, 0.1) is 14.6 Å². The van der Waals surface area contributed by atoms with Crippen molar-refractivity contribution in [2.24, 2.45) is 0 Å². The van der Waals surface area contributed by atoms with Crippen LogP contribution in [0.1, 0.15) is 23.2 Å². The number of hydrogen-bond donors (Lipinski definition) is 0. The molecule has 0 aliphatic carbocycles. The summed E-state index contributed by atoms with van der Waals surface area (Å²) in [6, 6.07) is 1.98. The van der Waals surface area contributed by atoms with Gasteiger partial charge in [-0.1, -0.05) is 0 Å². The van der Waals surface area contributed by atoms with E-state index in [9.17, 15) is 4.79 Å². The van der Waals surface area contributed by atoms with Crippen LogP contribution >= 0.6 is 33.9 Å². The lowest BCUT2D eigenvalue weighted by Gasteiger charge is -2.35. The number of carbonyl (C=O) groups excluding carboxylic acids is 1. The predicted molar refractivity (Wildman–Crippen MR) is 88.4 cm³/mol. The molecule has 1 aromatic heterocycles. The molecule has 1 amide bonds. The molecule has 3 heterocycles. The first-order chi connectivity index (χ1) is 9.72. The highest BCUT2D eigenvalue weighted by molar-refractivity contribution is 14.1. The normalized spacial score (nSPS) is 24.2. The van der Waals surface area contributed by atoms with Gasteiger partial charge < -0.3 is 9.64 Å². The van der Waals surface area contributed by atoms with E-state index in [1.54, 1.807) is 11.3 Å². The smallest absolute Gasteiger partial charge is 0.254 e. The topological polar surface area (TPSA) is 32.8 Å². The quantitative estimate of drug-likeness (QED) is 0.723. The van der Waals surface area contributed by atoms with Crippen LogP contribution < -0.4 is 0 Å². The molecule has 2 saturated heterocycles. The molecule has 2 aliphatic rings. The Bertz CT molecular complexity index is 465. The Morgan fingerprint density at radius 1 is 1.40 bits per heavy atom. The molecule has 110 valence electrons. The summed E-state index contributed by atoms with van der Waals surface area (Å²) in [4.78, 5) is 16.8. The van der Waals surface area contributed by atoms with Crippen LogP contribution in [0.25, 0.3) is 0 Å². The SMILES string of the molecule is O=C(c1csc(I)c1)N1CCN(CC2CCCO2)CC1. The molecular weight excluding hydrogens is 387 g/mol. The van der Waals surface area contributed by atoms with Crippen LogP contribution in [0.5, 0.6) is 0 Å². The molecule has 0 aromatic carbocycles. The van der Waals surface area contributed by atoms with Crippen molar-refractivity contribution in [3.8, 4) is 0 Å². The molecule has 1 aromatic rings. The van der Waals surface area contributed by atoms with Gasteiger partial charge in [-0.05, 0) is 41.5 Å². The average Bonchev–Trinajstić information content (AvgIpc) is 3.10. The maximum atomic E-state index is 12.4. The van der Waals surface area contributed by atoms with Crippen LogP contribution in [0, 0.1) is 2.88 Å². The second-order valence-electron chi connectivity index (χ2n) is 5.37. The number of amides is 1. The van der Waals surface area contributed by atoms with E-state index >= 15 is 0 Å². The van der Waals surface area contributed by atoms with Gasteiger partial charge in [-0.25, -0.2) is 0 Å². The number of halogens is 1. The number of carbonyl (C=O) groups is 1. The standard InChI is InChI=1S/C14H19IN2O2S/c15-13-8-11(10-20-13)14(18)17-5-3-16(4-6-17)9-12-2-1-7-19-12/h8,10,12H,1-7,9H2. The fraction of sp³-hybridized carbons (Fsp3) is 0.643. The van der Waals surface area contributed by atoms with Crippen LogP contribution in [0.4, 0.5) is 0 Å². The average molecular weight is 406 g/mol. The highest BCUT2D eigenvalue weighted by atomic mass is 127. The van der Waals surface area contributed by atoms with Crippen LogP contribution in [0.15, 0.2) is 11.4 Å². The highest BCUT2D eigenvalue weighted by Gasteiger charge is 2.25. The van der Waals surface area contributed by atoms with Crippen molar-refractivity contribution in [1.82, 2.24) is 9.80 Å². The monoisotopic (exact) mass is 406 g/mol. The Kier molecular flexibility index (Phi) is 4.95. The first-order valence-electron chi connectivity index (χ1n) is 7.09. The van der Waals surface area contributed by atoms with Gasteiger partial charge in [0.15, 0.2) is 0 Å². The van der Waals surface area contributed by atoms with Crippen LogP contribution in [-0.2, 0) is 4.74 Å². The van der Waals surface area contributed by atoms with Crippen molar-refractivity contribution in [3.63, 3.8) is 0 Å². The Morgan fingerprint density at radius 3 is 2.80 bits per heavy atom. The zero-order chi connectivity index (χ0) is 13.9. The summed E-state index contributed by atoms with van der Waals surface area (Å²) >= 11 is 3.89. The fourth-order valence-electron chi connectivity index (χ4n) is 2.81. The van der Waals surface area contributed by atoms with E-state index in [1.807, 2.05) is 16.3 Å². The highest BCUT2D eigenvalue weighted by Crippen LogP contribution is 2.19. The molecule has 0 spiro atoms. The largest absolute Gasteiger partial charge is 0.377 e. The third kappa shape index (κ3) is 3.52. The molecule has 1 unspecified atom stereocenters. The van der Waals surface area contributed by atoms with Crippen molar-refractivity contribution >= 4 is 39.8 Å². The van der Waals surface area contributed by atoms with Crippen LogP contribution in [0.2, 0.25) is 0 Å². The van der Waals surface area contributed by atoms with Gasteiger partial charge >= 0.3 is 0 Å². The van der Waals surface area contributed by atoms with Crippen molar-refractivity contribution in [2.75, 3.05) is 39.3 Å². The van der Waals surface area contributed by atoms with Crippen LogP contribution in [-0.4, -0.2) is 61.1 Å². The molecule has 6 heteroatoms. The minimum Gasteiger partial charge on any atom is -0.377 e. The summed E-state index contributed by atoms with van der Waals surface area (Å²) in [5.74, 6) is 0.181. The summed E-state index contributed by atoms with van der Waals surface area (Å²) in [5.41, 5.74) is 0.840. The van der Waals surface area contributed by atoms with E-state index < -0.39 is 0 Å². The van der Waals surface area contributed by atoms with Gasteiger partial charge in [0.25, 0.3) is 5.91 Å². The molecule has 20 heavy (non-hydrogen) atoms. The second-order valence-corrected chi connectivity index (χ2v) is 8.17. The molecule has 0 bridgehead atoms. The lowest BCUT2D eigenvalue weighted by atomic mass is 10.2. The Hall–Kier alpha value is -0.180. The molecule has 0 saturated carbocycles. The summed E-state index contributed by atoms with van der Waals surface area (Å²) in [6.45, 7) is 5.54. The first-order valence-corrected chi connectivity index (χ1v) is 9.05. The van der Waals surface area contributed by atoms with Crippen molar-refractivity contribution < 1.29 is 9.53 Å². The molecule has 0 radical (unpaired) electrons. The Morgan fingerprint density at radius 2 is 2.20 bits per heavy atom. The summed E-state index contributed by atoms with van der Waals surface area (Å²) in [6.07, 6.45) is 2.79. The number of hydrogen-bond acceptors (Lipinski definition) is 4. The van der Waals surface area contributed by atoms with Gasteiger partial charge in [-0.2, -0.15) is 0 Å². The number of ether oxygens (including phenoxy) is 1. The number of nitrogens with zero attached hydrogens (tertiary/aromatic N) is 2. The number of rotatable bonds is 3. The molecular formula is C14H19IN2O2S. The third-order valence-corrected chi connectivity index (χ3v) is 5.75. The number of thiophene rings is 1. The fourth-order valence-corrected chi connectivity index (χ4v) is 4.13. The Balaban J connectivity index is 1.49. The van der Waals surface area contributed by atoms with Gasteiger partial charge in [-0.3, -0.25) is 9.69 Å². The predicted octanol–water partition coefficient (Wildman–Crippen LogP) is 2.29. The minimum atomic E-state index is 0.181. The van der Waals surface area contributed by atoms with Gasteiger partial charge in [0.1, 0.15) is 0 Å². The van der Waals surface area contributed by atoms with E-state index in [4.69, 9.17) is 4.74 Å². The Labute approximate surface area is 137 Å². The lowest BCUT2D eigenvalue weighted by Crippen LogP contribution is -2.50. The summed E-state index contributed by atoms with van der Waals surface area (Å²) < 4.78 is 6.85. The third-order valence-electron chi connectivity index (χ3n) is 3.96. The molecule has 3 rings (SSSR count). The maximum Gasteiger partial charge on any atom is 0.254 e. The maximum absolute atomic E-state index is 12.4. The van der Waals surface area contributed by atoms with E-state index in [2.05, 4.69) is 27.5 Å². The summed E-state index contributed by atoms with van der Waals surface area (Å²) in [7, 11) is 0. The van der Waals surface area contributed by atoms with Crippen molar-refractivity contribution in [2.45, 2.75) is 18.9 Å². The van der Waals surface area contributed by atoms with Gasteiger partial charge in [0.2, 0.25) is 0 Å². The van der Waals surface area contributed by atoms with Gasteiger partial charge in [0, 0.05) is 44.7 Å². The van der Waals surface area contributed by atoms with Crippen LogP contribution in [0.3, 0.4) is 0 Å². The molecule has 2 fully saturated rings. The molecule has 4 nitrogen and oxygen atoms in total.